The molecule has 170 valence electrons. The van der Waals surface area contributed by atoms with E-state index in [9.17, 15) is 13.2 Å². The lowest BCUT2D eigenvalue weighted by atomic mass is 10.1. The smallest absolute Gasteiger partial charge is 0.308 e. The largest absolute Gasteiger partial charge is 0.494 e. The zero-order valence-electron chi connectivity index (χ0n) is 18.4. The highest BCUT2D eigenvalue weighted by molar-refractivity contribution is 7.87. The first-order valence-corrected chi connectivity index (χ1v) is 12.0. The monoisotopic (exact) mass is 449 g/mol. The van der Waals surface area contributed by atoms with Crippen LogP contribution >= 0.6 is 0 Å². The quantitative estimate of drug-likeness (QED) is 0.341. The van der Waals surface area contributed by atoms with Crippen LogP contribution in [0.3, 0.4) is 0 Å². The van der Waals surface area contributed by atoms with Gasteiger partial charge in [-0.25, -0.2) is 0 Å². The highest BCUT2D eigenvalue weighted by Gasteiger charge is 2.17. The summed E-state index contributed by atoms with van der Waals surface area (Å²) >= 11 is 0. The molecular formula is C23H31NO6S. The van der Waals surface area contributed by atoms with Crippen molar-refractivity contribution in [3.05, 3.63) is 59.7 Å². The number of carbonyl (C=O) groups excluding carboxylic acids is 1. The third-order valence-corrected chi connectivity index (χ3v) is 5.72. The van der Waals surface area contributed by atoms with Crippen molar-refractivity contribution in [1.29, 1.82) is 0 Å². The Labute approximate surface area is 185 Å². The molecule has 31 heavy (non-hydrogen) atoms. The number of carbonyl (C=O) groups is 1. The molecule has 2 aromatic carbocycles. The number of hydrogen-bond donors (Lipinski definition) is 0. The first-order valence-electron chi connectivity index (χ1n) is 10.4. The fraction of sp³-hybridized carbons (Fsp3) is 0.435. The molecule has 1 amide bonds. The molecule has 0 aliphatic rings. The molecule has 0 saturated carbocycles. The number of rotatable bonds is 13. The van der Waals surface area contributed by atoms with E-state index in [1.807, 2.05) is 6.07 Å². The topological polar surface area (TPSA) is 82.1 Å². The lowest BCUT2D eigenvalue weighted by molar-refractivity contribution is 0.0680. The summed E-state index contributed by atoms with van der Waals surface area (Å²) in [5.41, 5.74) is 1.30. The van der Waals surface area contributed by atoms with Crippen molar-refractivity contribution in [1.82, 2.24) is 4.90 Å². The average Bonchev–Trinajstić information content (AvgIpc) is 2.77. The predicted octanol–water partition coefficient (Wildman–Crippen LogP) is 3.88. The zero-order chi connectivity index (χ0) is 22.7. The fourth-order valence-corrected chi connectivity index (χ4v) is 3.30. The Hall–Kier alpha value is -2.58. The van der Waals surface area contributed by atoms with Crippen molar-refractivity contribution in [3.63, 3.8) is 0 Å². The molecule has 0 spiro atoms. The predicted molar refractivity (Wildman–Crippen MR) is 120 cm³/mol. The van der Waals surface area contributed by atoms with Crippen molar-refractivity contribution >= 4 is 16.0 Å². The zero-order valence-corrected chi connectivity index (χ0v) is 19.2. The van der Waals surface area contributed by atoms with Crippen LogP contribution in [0, 0.1) is 0 Å². The van der Waals surface area contributed by atoms with Gasteiger partial charge < -0.3 is 18.6 Å². The van der Waals surface area contributed by atoms with Gasteiger partial charge in [-0.15, -0.1) is 0 Å². The Morgan fingerprint density at radius 3 is 2.39 bits per heavy atom. The van der Waals surface area contributed by atoms with Crippen molar-refractivity contribution in [2.75, 3.05) is 32.6 Å². The molecule has 7 nitrogen and oxygen atoms in total. The molecule has 8 heteroatoms. The summed E-state index contributed by atoms with van der Waals surface area (Å²) in [5.74, 6) is 0.695. The van der Waals surface area contributed by atoms with Gasteiger partial charge in [0, 0.05) is 25.8 Å². The van der Waals surface area contributed by atoms with Gasteiger partial charge in [-0.2, -0.15) is 8.42 Å². The number of nitrogens with zero attached hydrogens (tertiary/aromatic N) is 1. The fourth-order valence-electron chi connectivity index (χ4n) is 2.79. The van der Waals surface area contributed by atoms with E-state index in [4.69, 9.17) is 13.7 Å². The van der Waals surface area contributed by atoms with Crippen LogP contribution in [0.4, 0.5) is 0 Å². The third kappa shape index (κ3) is 8.22. The van der Waals surface area contributed by atoms with E-state index in [2.05, 4.69) is 6.92 Å². The Bertz CT molecular complexity index is 927. The summed E-state index contributed by atoms with van der Waals surface area (Å²) in [5, 5.41) is 0. The number of methoxy groups -OCH3 is 1. The molecule has 0 saturated heterocycles. The molecule has 0 aliphatic carbocycles. The minimum absolute atomic E-state index is 0.117. The maximum atomic E-state index is 13.1. The standard InChI is InChI=1S/C23H31NO6S/c1-4-6-15-29-21-12-10-20(11-13-21)23(25)24(14-16-28-3)18-19-8-7-9-22(17-19)30-31(26,27)5-2/h7-13,17H,4-6,14-16,18H2,1-3H3. The van der Waals surface area contributed by atoms with Crippen LogP contribution in [-0.2, 0) is 21.4 Å². The number of unbranched alkanes of at least 4 members (excludes halogenated alkanes) is 1. The molecule has 0 heterocycles. The van der Waals surface area contributed by atoms with Crippen LogP contribution < -0.4 is 8.92 Å². The van der Waals surface area contributed by atoms with Gasteiger partial charge in [-0.1, -0.05) is 25.5 Å². The van der Waals surface area contributed by atoms with E-state index in [1.165, 1.54) is 6.92 Å². The van der Waals surface area contributed by atoms with E-state index in [-0.39, 0.29) is 17.4 Å². The third-order valence-electron chi connectivity index (χ3n) is 4.57. The van der Waals surface area contributed by atoms with Gasteiger partial charge in [0.25, 0.3) is 5.91 Å². The van der Waals surface area contributed by atoms with Crippen LogP contribution in [0.5, 0.6) is 11.5 Å². The molecule has 0 radical (unpaired) electrons. The van der Waals surface area contributed by atoms with Crippen molar-refractivity contribution in [3.8, 4) is 11.5 Å². The summed E-state index contributed by atoms with van der Waals surface area (Å²) in [6, 6.07) is 13.8. The van der Waals surface area contributed by atoms with Gasteiger partial charge in [-0.05, 0) is 55.3 Å². The van der Waals surface area contributed by atoms with Gasteiger partial charge in [0.1, 0.15) is 11.5 Å². The molecular weight excluding hydrogens is 418 g/mol. The Balaban J connectivity index is 2.13. The summed E-state index contributed by atoms with van der Waals surface area (Å²) in [6.45, 7) is 5.33. The molecule has 0 unspecified atom stereocenters. The number of hydrogen-bond acceptors (Lipinski definition) is 6. The van der Waals surface area contributed by atoms with E-state index >= 15 is 0 Å². The maximum Gasteiger partial charge on any atom is 0.308 e. The van der Waals surface area contributed by atoms with Gasteiger partial charge in [0.15, 0.2) is 0 Å². The second-order valence-electron chi connectivity index (χ2n) is 7.02. The highest BCUT2D eigenvalue weighted by Crippen LogP contribution is 2.19. The maximum absolute atomic E-state index is 13.1. The molecule has 2 rings (SSSR count). The Morgan fingerprint density at radius 1 is 1.00 bits per heavy atom. The van der Waals surface area contributed by atoms with Crippen LogP contribution in [0.2, 0.25) is 0 Å². The Kier molecular flexibility index (Phi) is 9.81. The number of ether oxygens (including phenoxy) is 2. The normalized spacial score (nSPS) is 11.2. The van der Waals surface area contributed by atoms with Crippen LogP contribution in [0.25, 0.3) is 0 Å². The van der Waals surface area contributed by atoms with Crippen molar-refractivity contribution in [2.24, 2.45) is 0 Å². The second kappa shape index (κ2) is 12.3. The van der Waals surface area contributed by atoms with Gasteiger partial charge in [0.2, 0.25) is 0 Å². The minimum Gasteiger partial charge on any atom is -0.494 e. The van der Waals surface area contributed by atoms with Crippen LogP contribution in [0.1, 0.15) is 42.6 Å². The number of benzene rings is 2. The lowest BCUT2D eigenvalue weighted by Gasteiger charge is -2.23. The average molecular weight is 450 g/mol. The summed E-state index contributed by atoms with van der Waals surface area (Å²) in [4.78, 5) is 14.7. The molecule has 0 aliphatic heterocycles. The summed E-state index contributed by atoms with van der Waals surface area (Å²) in [6.07, 6.45) is 2.04. The van der Waals surface area contributed by atoms with E-state index in [0.717, 1.165) is 24.2 Å². The molecule has 2 aromatic rings. The highest BCUT2D eigenvalue weighted by atomic mass is 32.2. The molecule has 0 bridgehead atoms. The summed E-state index contributed by atoms with van der Waals surface area (Å²) in [7, 11) is -2.04. The molecule has 0 fully saturated rings. The Morgan fingerprint density at radius 2 is 1.74 bits per heavy atom. The minimum atomic E-state index is -3.62. The SMILES string of the molecule is CCCCOc1ccc(C(=O)N(CCOC)Cc2cccc(OS(=O)(=O)CC)c2)cc1. The molecule has 0 atom stereocenters. The summed E-state index contributed by atoms with van der Waals surface area (Å²) < 4.78 is 39.4. The number of amides is 1. The second-order valence-corrected chi connectivity index (χ2v) is 8.88. The lowest BCUT2D eigenvalue weighted by Crippen LogP contribution is -2.33. The van der Waals surface area contributed by atoms with Gasteiger partial charge >= 0.3 is 10.1 Å². The van der Waals surface area contributed by atoms with E-state index in [1.54, 1.807) is 54.5 Å². The van der Waals surface area contributed by atoms with E-state index < -0.39 is 10.1 Å². The van der Waals surface area contributed by atoms with E-state index in [0.29, 0.717) is 31.9 Å². The van der Waals surface area contributed by atoms with Crippen molar-refractivity contribution in [2.45, 2.75) is 33.2 Å². The van der Waals surface area contributed by atoms with Crippen molar-refractivity contribution < 1.29 is 26.9 Å². The van der Waals surface area contributed by atoms with Crippen LogP contribution in [0.15, 0.2) is 48.5 Å². The molecule has 0 N–H and O–H groups in total. The van der Waals surface area contributed by atoms with Gasteiger partial charge in [0.05, 0.1) is 19.0 Å². The first kappa shape index (κ1) is 24.7. The van der Waals surface area contributed by atoms with Crippen LogP contribution in [-0.4, -0.2) is 51.8 Å². The first-order chi connectivity index (χ1) is 14.9. The molecule has 0 aromatic heterocycles. The van der Waals surface area contributed by atoms with Gasteiger partial charge in [-0.3, -0.25) is 4.79 Å².